The highest BCUT2D eigenvalue weighted by Crippen LogP contribution is 2.62. The first kappa shape index (κ1) is 19.9. The summed E-state index contributed by atoms with van der Waals surface area (Å²) in [6.45, 7) is 3.06. The molecule has 7 heteroatoms. The van der Waals surface area contributed by atoms with Gasteiger partial charge in [-0.2, -0.15) is 0 Å². The van der Waals surface area contributed by atoms with Gasteiger partial charge in [-0.15, -0.1) is 0 Å². The number of carbonyl (C=O) groups is 3. The van der Waals surface area contributed by atoms with Crippen molar-refractivity contribution in [2.75, 3.05) is 5.32 Å². The average molecular weight is 402 g/mol. The lowest BCUT2D eigenvalue weighted by Crippen LogP contribution is -2.65. The van der Waals surface area contributed by atoms with E-state index in [-0.39, 0.29) is 17.4 Å². The molecule has 0 aliphatic heterocycles. The molecule has 0 saturated heterocycles. The highest BCUT2D eigenvalue weighted by Gasteiger charge is 2.61. The van der Waals surface area contributed by atoms with Gasteiger partial charge in [0.2, 0.25) is 5.91 Å². The van der Waals surface area contributed by atoms with Crippen LogP contribution in [-0.2, 0) is 19.1 Å². The molecule has 29 heavy (non-hydrogen) atoms. The van der Waals surface area contributed by atoms with Crippen molar-refractivity contribution in [3.05, 3.63) is 30.1 Å². The van der Waals surface area contributed by atoms with Gasteiger partial charge in [0.25, 0.3) is 5.91 Å². The molecule has 0 heterocycles. The number of rotatable bonds is 5. The zero-order valence-electron chi connectivity index (χ0n) is 16.8. The van der Waals surface area contributed by atoms with Crippen molar-refractivity contribution in [3.8, 4) is 0 Å². The fraction of sp³-hybridized carbons (Fsp3) is 0.591. The Hall–Kier alpha value is -2.44. The van der Waals surface area contributed by atoms with Gasteiger partial charge in [-0.25, -0.2) is 4.39 Å². The van der Waals surface area contributed by atoms with E-state index in [2.05, 4.69) is 10.6 Å². The molecule has 4 fully saturated rings. The Kier molecular flexibility index (Phi) is 4.87. The fourth-order valence-corrected chi connectivity index (χ4v) is 6.14. The summed E-state index contributed by atoms with van der Waals surface area (Å²) in [5.41, 5.74) is -0.510. The molecule has 3 unspecified atom stereocenters. The normalized spacial score (nSPS) is 33.1. The predicted molar refractivity (Wildman–Crippen MR) is 104 cm³/mol. The smallest absolute Gasteiger partial charge is 0.312 e. The molecule has 1 aromatic carbocycles. The van der Waals surface area contributed by atoms with E-state index in [1.165, 1.54) is 31.2 Å². The van der Waals surface area contributed by atoms with Crippen molar-refractivity contribution in [1.82, 2.24) is 5.32 Å². The minimum atomic E-state index is -0.961. The molecular weight excluding hydrogens is 375 g/mol. The van der Waals surface area contributed by atoms with Gasteiger partial charge in [0.05, 0.1) is 5.41 Å². The number of benzene rings is 1. The van der Waals surface area contributed by atoms with Crippen LogP contribution in [0.2, 0.25) is 0 Å². The number of nitrogens with one attached hydrogen (secondary N) is 2. The van der Waals surface area contributed by atoms with Gasteiger partial charge >= 0.3 is 5.97 Å². The van der Waals surface area contributed by atoms with Gasteiger partial charge in [0.1, 0.15) is 5.82 Å². The second-order valence-corrected chi connectivity index (χ2v) is 9.25. The third-order valence-electron chi connectivity index (χ3n) is 6.70. The lowest BCUT2D eigenvalue weighted by atomic mass is 9.47. The predicted octanol–water partition coefficient (Wildman–Crippen LogP) is 3.17. The molecule has 4 aliphatic carbocycles. The number of amides is 2. The van der Waals surface area contributed by atoms with E-state index in [0.717, 1.165) is 32.1 Å². The third kappa shape index (κ3) is 3.87. The van der Waals surface area contributed by atoms with Crippen LogP contribution in [0.25, 0.3) is 0 Å². The maximum atomic E-state index is 13.2. The highest BCUT2D eigenvalue weighted by molar-refractivity contribution is 5.95. The fourth-order valence-electron chi connectivity index (χ4n) is 6.14. The minimum Gasteiger partial charge on any atom is -0.452 e. The molecule has 2 N–H and O–H groups in total. The number of esters is 1. The maximum Gasteiger partial charge on any atom is 0.312 e. The first-order chi connectivity index (χ1) is 13.7. The second kappa shape index (κ2) is 7.11. The van der Waals surface area contributed by atoms with E-state index < -0.39 is 23.2 Å². The van der Waals surface area contributed by atoms with Crippen LogP contribution < -0.4 is 10.6 Å². The van der Waals surface area contributed by atoms with Crippen molar-refractivity contribution < 1.29 is 23.5 Å². The van der Waals surface area contributed by atoms with Crippen molar-refractivity contribution >= 4 is 23.5 Å². The average Bonchev–Trinajstić information content (AvgIpc) is 2.61. The number of halogens is 1. The molecule has 6 nitrogen and oxygen atoms in total. The molecular formula is C22H27FN2O4. The van der Waals surface area contributed by atoms with E-state index in [0.29, 0.717) is 23.9 Å². The Morgan fingerprint density at radius 3 is 2.31 bits per heavy atom. The summed E-state index contributed by atoms with van der Waals surface area (Å²) in [6, 6.07) is 5.42. The van der Waals surface area contributed by atoms with Crippen molar-refractivity contribution in [2.24, 2.45) is 17.3 Å². The second-order valence-electron chi connectivity index (χ2n) is 9.25. The van der Waals surface area contributed by atoms with Crippen LogP contribution in [0.3, 0.4) is 0 Å². The number of ether oxygens (including phenoxy) is 1. The molecule has 5 rings (SSSR count). The summed E-state index contributed by atoms with van der Waals surface area (Å²) in [5.74, 6) is -0.452. The molecule has 3 atom stereocenters. The van der Waals surface area contributed by atoms with Crippen LogP contribution in [-0.4, -0.2) is 29.4 Å². The zero-order chi connectivity index (χ0) is 20.8. The van der Waals surface area contributed by atoms with Crippen molar-refractivity contribution in [1.29, 1.82) is 0 Å². The maximum absolute atomic E-state index is 13.2. The van der Waals surface area contributed by atoms with Crippen LogP contribution in [0.4, 0.5) is 10.1 Å². The molecule has 2 amide bonds. The van der Waals surface area contributed by atoms with Crippen LogP contribution >= 0.6 is 0 Å². The molecule has 4 saturated carbocycles. The van der Waals surface area contributed by atoms with Gasteiger partial charge in [0, 0.05) is 18.2 Å². The molecule has 0 aromatic heterocycles. The van der Waals surface area contributed by atoms with Crippen molar-refractivity contribution in [2.45, 2.75) is 64.0 Å². The molecule has 156 valence electrons. The summed E-state index contributed by atoms with van der Waals surface area (Å²) in [7, 11) is 0. The summed E-state index contributed by atoms with van der Waals surface area (Å²) in [5, 5.41) is 5.77. The lowest BCUT2D eigenvalue weighted by Gasteiger charge is -2.60. The van der Waals surface area contributed by atoms with Gasteiger partial charge in [-0.3, -0.25) is 14.4 Å². The first-order valence-corrected chi connectivity index (χ1v) is 10.2. The number of hydrogen-bond donors (Lipinski definition) is 2. The largest absolute Gasteiger partial charge is 0.452 e. The minimum absolute atomic E-state index is 0.0671. The van der Waals surface area contributed by atoms with E-state index >= 15 is 0 Å². The van der Waals surface area contributed by atoms with E-state index in [9.17, 15) is 18.8 Å². The van der Waals surface area contributed by atoms with Gasteiger partial charge in [-0.1, -0.05) is 0 Å². The number of carbonyl (C=O) groups excluding carboxylic acids is 3. The van der Waals surface area contributed by atoms with E-state index in [1.54, 1.807) is 6.92 Å². The van der Waals surface area contributed by atoms with Gasteiger partial charge in [-0.05, 0) is 81.5 Å². The molecule has 4 bridgehead atoms. The lowest BCUT2D eigenvalue weighted by molar-refractivity contribution is -0.181. The molecule has 1 aromatic rings. The number of anilines is 1. The van der Waals surface area contributed by atoms with E-state index in [1.807, 2.05) is 0 Å². The van der Waals surface area contributed by atoms with Crippen LogP contribution in [0, 0.1) is 23.1 Å². The van der Waals surface area contributed by atoms with Gasteiger partial charge < -0.3 is 15.4 Å². The van der Waals surface area contributed by atoms with E-state index in [4.69, 9.17) is 4.74 Å². The summed E-state index contributed by atoms with van der Waals surface area (Å²) >= 11 is 0. The Labute approximate surface area is 169 Å². The quantitative estimate of drug-likeness (QED) is 0.741. The van der Waals surface area contributed by atoms with Gasteiger partial charge in [0.15, 0.2) is 6.10 Å². The Morgan fingerprint density at radius 1 is 1.10 bits per heavy atom. The molecule has 4 aliphatic rings. The Bertz CT molecular complexity index is 824. The van der Waals surface area contributed by atoms with Crippen LogP contribution in [0.5, 0.6) is 0 Å². The monoisotopic (exact) mass is 402 g/mol. The summed E-state index contributed by atoms with van der Waals surface area (Å²) in [6.07, 6.45) is 4.06. The zero-order valence-corrected chi connectivity index (χ0v) is 16.8. The molecule has 0 radical (unpaired) electrons. The SMILES string of the molecule is CC(=O)NC12CC3CC(C1)CC(C(=O)OC(C)C(=O)Nc1ccc(F)cc1)(C3)C2. The first-order valence-electron chi connectivity index (χ1n) is 10.2. The van der Waals surface area contributed by atoms with Crippen LogP contribution in [0.1, 0.15) is 52.4 Å². The Balaban J connectivity index is 1.44. The summed E-state index contributed by atoms with van der Waals surface area (Å²) in [4.78, 5) is 37.4. The third-order valence-corrected chi connectivity index (χ3v) is 6.70. The summed E-state index contributed by atoms with van der Waals surface area (Å²) < 4.78 is 18.6. The standard InChI is InChI=1S/C22H27FN2O4/c1-13(19(27)24-18-5-3-17(23)4-6-18)29-20(28)21-8-15-7-16(9-21)11-22(10-15,12-21)25-14(2)26/h3-6,13,15-16H,7-12H2,1-2H3,(H,24,27)(H,25,26). The topological polar surface area (TPSA) is 84.5 Å². The van der Waals surface area contributed by atoms with Crippen LogP contribution in [0.15, 0.2) is 24.3 Å². The highest BCUT2D eigenvalue weighted by atomic mass is 19.1. The Morgan fingerprint density at radius 2 is 1.72 bits per heavy atom. The molecule has 0 spiro atoms. The number of hydrogen-bond acceptors (Lipinski definition) is 4. The van der Waals surface area contributed by atoms with Crippen molar-refractivity contribution in [3.63, 3.8) is 0 Å².